The fourth-order valence-corrected chi connectivity index (χ4v) is 1.52. The zero-order valence-electron chi connectivity index (χ0n) is 9.90. The Labute approximate surface area is 104 Å². The quantitative estimate of drug-likeness (QED) is 0.862. The molecule has 2 N–H and O–H groups in total. The van der Waals surface area contributed by atoms with Gasteiger partial charge in [-0.25, -0.2) is 0 Å². The average Bonchev–Trinajstić information content (AvgIpc) is 2.14. The van der Waals surface area contributed by atoms with Gasteiger partial charge >= 0.3 is 0 Å². The van der Waals surface area contributed by atoms with Crippen LogP contribution >= 0.6 is 12.4 Å². The Morgan fingerprint density at radius 2 is 1.81 bits per heavy atom. The maximum absolute atomic E-state index is 11.6. The van der Waals surface area contributed by atoms with Crippen LogP contribution in [0.25, 0.3) is 0 Å². The number of Topliss-reactive ketones (excluding diaryl/α,β-unsaturated/α-hetero) is 1. The third-order valence-corrected chi connectivity index (χ3v) is 2.19. The zero-order chi connectivity index (χ0) is 11.3. The van der Waals surface area contributed by atoms with Crippen molar-refractivity contribution >= 4 is 18.2 Å². The highest BCUT2D eigenvalue weighted by atomic mass is 35.5. The van der Waals surface area contributed by atoms with Gasteiger partial charge in [-0.3, -0.25) is 4.79 Å². The van der Waals surface area contributed by atoms with Crippen molar-refractivity contribution in [3.63, 3.8) is 0 Å². The third kappa shape index (κ3) is 6.59. The van der Waals surface area contributed by atoms with Gasteiger partial charge in [-0.1, -0.05) is 30.3 Å². The molecule has 2 nitrogen and oxygen atoms in total. The third-order valence-electron chi connectivity index (χ3n) is 2.19. The SMILES string of the molecule is CC(C)(N)CC(=O)CCc1ccccc1.Cl. The number of rotatable bonds is 5. The van der Waals surface area contributed by atoms with Crippen LogP contribution in [0.4, 0.5) is 0 Å². The number of hydrogen-bond acceptors (Lipinski definition) is 2. The highest BCUT2D eigenvalue weighted by Crippen LogP contribution is 2.09. The van der Waals surface area contributed by atoms with E-state index in [1.807, 2.05) is 44.2 Å². The van der Waals surface area contributed by atoms with Gasteiger partial charge < -0.3 is 5.73 Å². The van der Waals surface area contributed by atoms with Crippen molar-refractivity contribution in [1.82, 2.24) is 0 Å². The number of halogens is 1. The van der Waals surface area contributed by atoms with E-state index in [4.69, 9.17) is 5.73 Å². The van der Waals surface area contributed by atoms with E-state index in [-0.39, 0.29) is 23.7 Å². The average molecular weight is 242 g/mol. The summed E-state index contributed by atoms with van der Waals surface area (Å²) in [5.74, 6) is 0.242. The summed E-state index contributed by atoms with van der Waals surface area (Å²) in [6.45, 7) is 3.76. The standard InChI is InChI=1S/C13H19NO.ClH/c1-13(2,14)10-12(15)9-8-11-6-4-3-5-7-11;/h3-7H,8-10,14H2,1-2H3;1H. The van der Waals surface area contributed by atoms with E-state index in [2.05, 4.69) is 0 Å². The van der Waals surface area contributed by atoms with Crippen molar-refractivity contribution in [3.05, 3.63) is 35.9 Å². The van der Waals surface area contributed by atoms with E-state index < -0.39 is 0 Å². The number of carbonyl (C=O) groups is 1. The molecule has 1 aromatic carbocycles. The van der Waals surface area contributed by atoms with Crippen LogP contribution in [0, 0.1) is 0 Å². The lowest BCUT2D eigenvalue weighted by Gasteiger charge is -2.16. The number of nitrogens with two attached hydrogens (primary N) is 1. The molecule has 0 aliphatic carbocycles. The van der Waals surface area contributed by atoms with Gasteiger partial charge in [0.25, 0.3) is 0 Å². The fourth-order valence-electron chi connectivity index (χ4n) is 1.52. The molecule has 1 aromatic rings. The van der Waals surface area contributed by atoms with E-state index in [0.717, 1.165) is 6.42 Å². The highest BCUT2D eigenvalue weighted by molar-refractivity contribution is 5.85. The van der Waals surface area contributed by atoms with Crippen LogP contribution in [-0.2, 0) is 11.2 Å². The van der Waals surface area contributed by atoms with Gasteiger partial charge in [-0.2, -0.15) is 0 Å². The molecule has 0 aromatic heterocycles. The van der Waals surface area contributed by atoms with Gasteiger partial charge in [0.1, 0.15) is 5.78 Å². The number of benzene rings is 1. The number of ketones is 1. The summed E-state index contributed by atoms with van der Waals surface area (Å²) in [5, 5.41) is 0. The van der Waals surface area contributed by atoms with Crippen molar-refractivity contribution in [2.75, 3.05) is 0 Å². The van der Waals surface area contributed by atoms with E-state index in [1.54, 1.807) is 0 Å². The minimum Gasteiger partial charge on any atom is -0.325 e. The normalized spacial score (nSPS) is 10.7. The van der Waals surface area contributed by atoms with Crippen LogP contribution in [0.5, 0.6) is 0 Å². The first-order valence-electron chi connectivity index (χ1n) is 5.32. The number of carbonyl (C=O) groups excluding carboxylic acids is 1. The fraction of sp³-hybridized carbons (Fsp3) is 0.462. The molecule has 16 heavy (non-hydrogen) atoms. The lowest BCUT2D eigenvalue weighted by atomic mass is 9.96. The van der Waals surface area contributed by atoms with Crippen molar-refractivity contribution in [1.29, 1.82) is 0 Å². The Hall–Kier alpha value is -0.860. The summed E-state index contributed by atoms with van der Waals surface area (Å²) in [7, 11) is 0. The van der Waals surface area contributed by atoms with E-state index in [9.17, 15) is 4.79 Å². The summed E-state index contributed by atoms with van der Waals surface area (Å²) in [6, 6.07) is 10.1. The molecule has 90 valence electrons. The van der Waals surface area contributed by atoms with E-state index in [1.165, 1.54) is 5.56 Å². The summed E-state index contributed by atoms with van der Waals surface area (Å²) >= 11 is 0. The molecule has 0 radical (unpaired) electrons. The predicted molar refractivity (Wildman–Crippen MR) is 69.9 cm³/mol. The van der Waals surface area contributed by atoms with Crippen LogP contribution in [-0.4, -0.2) is 11.3 Å². The van der Waals surface area contributed by atoms with Crippen LogP contribution in [0.1, 0.15) is 32.3 Å². The Morgan fingerprint density at radius 1 is 1.25 bits per heavy atom. The van der Waals surface area contributed by atoms with Crippen molar-refractivity contribution < 1.29 is 4.79 Å². The molecule has 0 saturated heterocycles. The second kappa shape index (κ2) is 6.66. The molecule has 0 saturated carbocycles. The van der Waals surface area contributed by atoms with Crippen LogP contribution in [0.15, 0.2) is 30.3 Å². The van der Waals surface area contributed by atoms with Crippen LogP contribution in [0.2, 0.25) is 0 Å². The highest BCUT2D eigenvalue weighted by Gasteiger charge is 2.15. The monoisotopic (exact) mass is 241 g/mol. The van der Waals surface area contributed by atoms with E-state index >= 15 is 0 Å². The Morgan fingerprint density at radius 3 is 2.31 bits per heavy atom. The van der Waals surface area contributed by atoms with Gasteiger partial charge in [0.15, 0.2) is 0 Å². The molecule has 0 fully saturated rings. The second-order valence-electron chi connectivity index (χ2n) is 4.69. The molecule has 0 heterocycles. The first-order valence-corrected chi connectivity index (χ1v) is 5.32. The molecular weight excluding hydrogens is 222 g/mol. The second-order valence-corrected chi connectivity index (χ2v) is 4.69. The van der Waals surface area contributed by atoms with Crippen LogP contribution in [0.3, 0.4) is 0 Å². The van der Waals surface area contributed by atoms with Crippen molar-refractivity contribution in [2.24, 2.45) is 5.73 Å². The molecule has 0 spiro atoms. The Kier molecular flexibility index (Phi) is 6.31. The molecule has 0 bridgehead atoms. The van der Waals surface area contributed by atoms with Crippen molar-refractivity contribution in [3.8, 4) is 0 Å². The summed E-state index contributed by atoms with van der Waals surface area (Å²) < 4.78 is 0. The molecule has 0 aliphatic rings. The molecule has 1 rings (SSSR count). The number of aryl methyl sites for hydroxylation is 1. The molecular formula is C13H20ClNO. The lowest BCUT2D eigenvalue weighted by molar-refractivity contribution is -0.119. The summed E-state index contributed by atoms with van der Waals surface area (Å²) in [4.78, 5) is 11.6. The summed E-state index contributed by atoms with van der Waals surface area (Å²) in [5.41, 5.74) is 6.61. The zero-order valence-corrected chi connectivity index (χ0v) is 10.7. The van der Waals surface area contributed by atoms with Crippen molar-refractivity contribution in [2.45, 2.75) is 38.6 Å². The molecule has 0 aliphatic heterocycles. The predicted octanol–water partition coefficient (Wildman–Crippen LogP) is 2.74. The molecule has 0 unspecified atom stereocenters. The lowest BCUT2D eigenvalue weighted by Crippen LogP contribution is -2.34. The molecule has 0 atom stereocenters. The molecule has 3 heteroatoms. The maximum atomic E-state index is 11.6. The van der Waals surface area contributed by atoms with Gasteiger partial charge in [0.2, 0.25) is 0 Å². The first kappa shape index (κ1) is 15.1. The minimum atomic E-state index is -0.381. The van der Waals surface area contributed by atoms with Gasteiger partial charge in [0.05, 0.1) is 0 Å². The van der Waals surface area contributed by atoms with Crippen LogP contribution < -0.4 is 5.73 Å². The van der Waals surface area contributed by atoms with Gasteiger partial charge in [-0.15, -0.1) is 12.4 Å². The Balaban J connectivity index is 0.00000225. The van der Waals surface area contributed by atoms with Gasteiger partial charge in [0, 0.05) is 18.4 Å². The maximum Gasteiger partial charge on any atom is 0.135 e. The topological polar surface area (TPSA) is 43.1 Å². The minimum absolute atomic E-state index is 0. The summed E-state index contributed by atoms with van der Waals surface area (Å²) in [6.07, 6.45) is 1.86. The first-order chi connectivity index (χ1) is 6.97. The van der Waals surface area contributed by atoms with E-state index in [0.29, 0.717) is 12.8 Å². The largest absolute Gasteiger partial charge is 0.325 e. The number of hydrogen-bond donors (Lipinski definition) is 1. The van der Waals surface area contributed by atoms with Gasteiger partial charge in [-0.05, 0) is 25.8 Å². The Bertz CT molecular complexity index is 316. The smallest absolute Gasteiger partial charge is 0.135 e. The molecule has 0 amide bonds.